The Kier molecular flexibility index (Phi) is 7.11. The van der Waals surface area contributed by atoms with Gasteiger partial charge in [0.1, 0.15) is 11.6 Å². The van der Waals surface area contributed by atoms with Gasteiger partial charge in [-0.25, -0.2) is 9.37 Å². The SMILES string of the molecule is CCN(C(=O)c1cc(F)ccc1-c1cc(C2CN(C(=O)[C@@H]3NC4CCC3CC4)C2)cn2c(C)nc(Cl)c12)C(C)C. The van der Waals surface area contributed by atoms with Gasteiger partial charge in [-0.15, -0.1) is 0 Å². The number of piperidine rings is 2. The maximum atomic E-state index is 14.5. The van der Waals surface area contributed by atoms with Gasteiger partial charge in [0.05, 0.1) is 17.1 Å². The summed E-state index contributed by atoms with van der Waals surface area (Å²) in [5, 5.41) is 3.91. The summed E-state index contributed by atoms with van der Waals surface area (Å²) in [6.07, 6.45) is 6.66. The number of aryl methyl sites for hydroxylation is 1. The summed E-state index contributed by atoms with van der Waals surface area (Å²) < 4.78 is 16.5. The molecule has 7 rings (SSSR count). The molecular formula is C31H37ClFN5O2. The predicted molar refractivity (Wildman–Crippen MR) is 154 cm³/mol. The quantitative estimate of drug-likeness (QED) is 0.433. The van der Waals surface area contributed by atoms with Crippen molar-refractivity contribution in [2.24, 2.45) is 5.92 Å². The molecule has 1 aromatic carbocycles. The minimum atomic E-state index is -0.465. The van der Waals surface area contributed by atoms with E-state index < -0.39 is 5.82 Å². The molecule has 0 spiro atoms. The Morgan fingerprint density at radius 2 is 1.88 bits per heavy atom. The molecule has 2 aromatic heterocycles. The summed E-state index contributed by atoms with van der Waals surface area (Å²) in [5.41, 5.74) is 3.39. The summed E-state index contributed by atoms with van der Waals surface area (Å²) in [7, 11) is 0. The van der Waals surface area contributed by atoms with Crippen molar-refractivity contribution in [3.8, 4) is 11.1 Å². The van der Waals surface area contributed by atoms with Gasteiger partial charge < -0.3 is 19.5 Å². The number of benzene rings is 1. The average molecular weight is 566 g/mol. The third-order valence-corrected chi connectivity index (χ3v) is 9.47. The van der Waals surface area contributed by atoms with Crippen molar-refractivity contribution in [2.75, 3.05) is 19.6 Å². The zero-order valence-corrected chi connectivity index (χ0v) is 24.3. The second-order valence-corrected chi connectivity index (χ2v) is 12.3. The monoisotopic (exact) mass is 565 g/mol. The summed E-state index contributed by atoms with van der Waals surface area (Å²) in [5.74, 6) is 0.846. The fourth-order valence-electron chi connectivity index (χ4n) is 6.93. The van der Waals surface area contributed by atoms with Crippen molar-refractivity contribution in [1.29, 1.82) is 0 Å². The number of hydrogen-bond acceptors (Lipinski definition) is 4. The summed E-state index contributed by atoms with van der Waals surface area (Å²) >= 11 is 6.64. The normalized spacial score (nSPS) is 22.7. The second kappa shape index (κ2) is 10.5. The number of fused-ring (bicyclic) bond motifs is 4. The lowest BCUT2D eigenvalue weighted by Crippen LogP contribution is -2.62. The van der Waals surface area contributed by atoms with Crippen LogP contribution in [0.15, 0.2) is 30.5 Å². The van der Waals surface area contributed by atoms with Gasteiger partial charge in [-0.05, 0) is 88.6 Å². The zero-order valence-electron chi connectivity index (χ0n) is 23.6. The van der Waals surface area contributed by atoms with Crippen LogP contribution in [0.1, 0.15) is 74.1 Å². The molecule has 212 valence electrons. The number of likely N-dealkylation sites (tertiary alicyclic amines) is 1. The molecule has 4 aliphatic rings. The van der Waals surface area contributed by atoms with E-state index in [1.165, 1.54) is 25.0 Å². The number of carbonyl (C=O) groups excluding carboxylic acids is 2. The van der Waals surface area contributed by atoms with Crippen LogP contribution in [0.3, 0.4) is 0 Å². The molecule has 0 unspecified atom stereocenters. The maximum absolute atomic E-state index is 14.5. The zero-order chi connectivity index (χ0) is 28.3. The predicted octanol–water partition coefficient (Wildman–Crippen LogP) is 5.43. The van der Waals surface area contributed by atoms with Crippen LogP contribution in [0.25, 0.3) is 16.6 Å². The van der Waals surface area contributed by atoms with E-state index in [0.717, 1.165) is 29.8 Å². The molecule has 1 N–H and O–H groups in total. The van der Waals surface area contributed by atoms with E-state index in [1.807, 2.05) is 49.3 Å². The Hall–Kier alpha value is -2.97. The van der Waals surface area contributed by atoms with Crippen LogP contribution in [0.5, 0.6) is 0 Å². The Morgan fingerprint density at radius 3 is 2.50 bits per heavy atom. The molecule has 9 heteroatoms. The molecule has 40 heavy (non-hydrogen) atoms. The molecule has 1 saturated carbocycles. The lowest BCUT2D eigenvalue weighted by atomic mass is 9.75. The van der Waals surface area contributed by atoms with E-state index in [2.05, 4.69) is 10.3 Å². The number of nitrogens with zero attached hydrogens (tertiary/aromatic N) is 4. The van der Waals surface area contributed by atoms with E-state index in [-0.39, 0.29) is 29.8 Å². The lowest BCUT2D eigenvalue weighted by Gasteiger charge is -2.47. The Balaban J connectivity index is 1.35. The first kappa shape index (κ1) is 27.2. The Morgan fingerprint density at radius 1 is 1.15 bits per heavy atom. The number of aromatic nitrogens is 2. The second-order valence-electron chi connectivity index (χ2n) is 11.9. The van der Waals surface area contributed by atoms with Crippen LogP contribution in [0, 0.1) is 18.7 Å². The van der Waals surface area contributed by atoms with Crippen molar-refractivity contribution in [3.63, 3.8) is 0 Å². The minimum absolute atomic E-state index is 0.0341. The third kappa shape index (κ3) is 4.59. The minimum Gasteiger partial charge on any atom is -0.340 e. The van der Waals surface area contributed by atoms with E-state index in [4.69, 9.17) is 11.6 Å². The van der Waals surface area contributed by atoms with Crippen molar-refractivity contribution in [2.45, 2.75) is 77.4 Å². The molecule has 2 bridgehead atoms. The van der Waals surface area contributed by atoms with Crippen LogP contribution in [-0.2, 0) is 4.79 Å². The van der Waals surface area contributed by atoms with Gasteiger partial charge in [0.25, 0.3) is 5.91 Å². The fraction of sp³-hybridized carbons (Fsp3) is 0.516. The molecular weight excluding hydrogens is 529 g/mol. The highest BCUT2D eigenvalue weighted by Gasteiger charge is 2.43. The number of amides is 2. The molecule has 5 heterocycles. The number of nitrogens with one attached hydrogen (secondary N) is 1. The number of halogens is 2. The van der Waals surface area contributed by atoms with Gasteiger partial charge in [-0.2, -0.15) is 0 Å². The molecule has 3 aromatic rings. The van der Waals surface area contributed by atoms with Gasteiger partial charge in [-0.1, -0.05) is 17.7 Å². The average Bonchev–Trinajstić information content (AvgIpc) is 3.21. The standard InChI is InChI=1S/C31H37ClFN5O2/c1-5-37(17(2)3)30(39)26-13-22(33)8-11-24(26)25-12-20(16-38-18(4)34-29(32)28(25)38)21-14-36(15-21)31(40)27-19-6-9-23(35-27)10-7-19/h8,11-13,16-17,19,21,23,27,35H,5-7,9-10,14-15H2,1-4H3/t19?,23?,27-/m1/s1. The molecule has 3 saturated heterocycles. The number of hydrogen-bond donors (Lipinski definition) is 1. The lowest BCUT2D eigenvalue weighted by molar-refractivity contribution is -0.141. The summed E-state index contributed by atoms with van der Waals surface area (Å²) in [4.78, 5) is 35.2. The Labute approximate surface area is 239 Å². The molecule has 7 nitrogen and oxygen atoms in total. The van der Waals surface area contributed by atoms with Gasteiger partial charge in [0.15, 0.2) is 5.15 Å². The van der Waals surface area contributed by atoms with Crippen LogP contribution in [0.2, 0.25) is 5.15 Å². The van der Waals surface area contributed by atoms with Crippen molar-refractivity contribution >= 4 is 28.9 Å². The first-order valence-electron chi connectivity index (χ1n) is 14.5. The fourth-order valence-corrected chi connectivity index (χ4v) is 7.25. The largest absolute Gasteiger partial charge is 0.340 e. The highest BCUT2D eigenvalue weighted by atomic mass is 35.5. The van der Waals surface area contributed by atoms with E-state index in [9.17, 15) is 14.0 Å². The van der Waals surface area contributed by atoms with Crippen molar-refractivity contribution in [1.82, 2.24) is 24.5 Å². The van der Waals surface area contributed by atoms with Crippen LogP contribution >= 0.6 is 11.6 Å². The smallest absolute Gasteiger partial charge is 0.254 e. The molecule has 3 aliphatic heterocycles. The van der Waals surface area contributed by atoms with E-state index >= 15 is 0 Å². The van der Waals surface area contributed by atoms with E-state index in [0.29, 0.717) is 53.4 Å². The van der Waals surface area contributed by atoms with Crippen molar-refractivity contribution in [3.05, 3.63) is 58.4 Å². The molecule has 1 atom stereocenters. The molecule has 4 fully saturated rings. The summed E-state index contributed by atoms with van der Waals surface area (Å²) in [6, 6.07) is 6.79. The van der Waals surface area contributed by atoms with E-state index in [1.54, 1.807) is 11.0 Å². The van der Waals surface area contributed by atoms with Gasteiger partial charge in [0, 0.05) is 49.4 Å². The topological polar surface area (TPSA) is 70.0 Å². The maximum Gasteiger partial charge on any atom is 0.254 e. The van der Waals surface area contributed by atoms with Crippen molar-refractivity contribution < 1.29 is 14.0 Å². The van der Waals surface area contributed by atoms with Crippen LogP contribution < -0.4 is 5.32 Å². The number of rotatable bonds is 6. The van der Waals surface area contributed by atoms with Gasteiger partial charge in [0.2, 0.25) is 5.91 Å². The number of imidazole rings is 1. The number of carbonyl (C=O) groups is 2. The molecule has 2 amide bonds. The Bertz CT molecular complexity index is 1470. The summed E-state index contributed by atoms with van der Waals surface area (Å²) in [6.45, 7) is 9.52. The third-order valence-electron chi connectivity index (χ3n) is 9.21. The van der Waals surface area contributed by atoms with Crippen LogP contribution in [0.4, 0.5) is 4.39 Å². The molecule has 1 aliphatic carbocycles. The highest BCUT2D eigenvalue weighted by molar-refractivity contribution is 6.33. The van der Waals surface area contributed by atoms with Gasteiger partial charge in [-0.3, -0.25) is 9.59 Å². The number of pyridine rings is 1. The first-order chi connectivity index (χ1) is 19.2. The van der Waals surface area contributed by atoms with Crippen LogP contribution in [-0.4, -0.2) is 68.8 Å². The first-order valence-corrected chi connectivity index (χ1v) is 14.9. The molecule has 0 radical (unpaired) electrons. The highest BCUT2D eigenvalue weighted by Crippen LogP contribution is 2.39. The van der Waals surface area contributed by atoms with Gasteiger partial charge >= 0.3 is 0 Å².